The summed E-state index contributed by atoms with van der Waals surface area (Å²) in [4.78, 5) is 37.6. The van der Waals surface area contributed by atoms with Crippen LogP contribution in [0, 0.1) is 0 Å². The highest BCUT2D eigenvalue weighted by Gasteiger charge is 2.33. The molecule has 1 heterocycles. The van der Waals surface area contributed by atoms with Crippen molar-refractivity contribution in [1.82, 2.24) is 10.2 Å². The molecule has 1 aliphatic carbocycles. The molecular formula is C24H26N2O3. The van der Waals surface area contributed by atoms with E-state index in [2.05, 4.69) is 37.4 Å². The van der Waals surface area contributed by atoms with Gasteiger partial charge in [0.15, 0.2) is 0 Å². The number of nitrogens with zero attached hydrogens (tertiary/aromatic N) is 1. The van der Waals surface area contributed by atoms with E-state index in [4.69, 9.17) is 0 Å². The van der Waals surface area contributed by atoms with Crippen molar-refractivity contribution in [1.29, 1.82) is 0 Å². The number of likely N-dealkylation sites (tertiary alicyclic amines) is 1. The predicted molar refractivity (Wildman–Crippen MR) is 110 cm³/mol. The molecule has 1 N–H and O–H groups in total. The fraction of sp³-hybridized carbons (Fsp3) is 0.375. The van der Waals surface area contributed by atoms with E-state index in [-0.39, 0.29) is 35.7 Å². The summed E-state index contributed by atoms with van der Waals surface area (Å²) in [5.41, 5.74) is 4.03. The fourth-order valence-electron chi connectivity index (χ4n) is 4.35. The molecule has 0 bridgehead atoms. The first-order valence-corrected chi connectivity index (χ1v) is 10.2. The summed E-state index contributed by atoms with van der Waals surface area (Å²) in [6.45, 7) is 4.77. The average Bonchev–Trinajstić information content (AvgIpc) is 3.03. The highest BCUT2D eigenvalue weighted by Crippen LogP contribution is 2.41. The molecule has 1 unspecified atom stereocenters. The lowest BCUT2D eigenvalue weighted by Crippen LogP contribution is -2.35. The van der Waals surface area contributed by atoms with Crippen molar-refractivity contribution < 1.29 is 14.4 Å². The minimum atomic E-state index is -0.129. The molecule has 0 saturated carbocycles. The molecule has 5 nitrogen and oxygen atoms in total. The molecule has 5 heteroatoms. The summed E-state index contributed by atoms with van der Waals surface area (Å²) in [5.74, 6) is -0.365. The Kier molecular flexibility index (Phi) is 4.99. The van der Waals surface area contributed by atoms with Crippen LogP contribution in [-0.2, 0) is 21.5 Å². The Hall–Kier alpha value is -2.95. The lowest BCUT2D eigenvalue weighted by Gasteiger charge is -2.37. The highest BCUT2D eigenvalue weighted by atomic mass is 16.2. The fourth-order valence-corrected chi connectivity index (χ4v) is 4.35. The number of nitrogens with one attached hydrogen (secondary N) is 1. The van der Waals surface area contributed by atoms with Crippen LogP contribution in [0.5, 0.6) is 0 Å². The van der Waals surface area contributed by atoms with Gasteiger partial charge in [-0.3, -0.25) is 19.3 Å². The molecule has 0 spiro atoms. The molecular weight excluding hydrogens is 364 g/mol. The second-order valence-electron chi connectivity index (χ2n) is 8.61. The van der Waals surface area contributed by atoms with Gasteiger partial charge < -0.3 is 5.32 Å². The Bertz CT molecular complexity index is 946. The number of hydrogen-bond donors (Lipinski definition) is 1. The molecule has 2 aromatic carbocycles. The van der Waals surface area contributed by atoms with E-state index in [1.807, 2.05) is 18.2 Å². The van der Waals surface area contributed by atoms with Crippen molar-refractivity contribution in [3.05, 3.63) is 70.8 Å². The number of rotatable bonds is 4. The maximum absolute atomic E-state index is 12.8. The first kappa shape index (κ1) is 19.4. The van der Waals surface area contributed by atoms with E-state index in [1.54, 1.807) is 12.1 Å². The van der Waals surface area contributed by atoms with Crippen molar-refractivity contribution in [2.24, 2.45) is 0 Å². The van der Waals surface area contributed by atoms with Gasteiger partial charge in [0.2, 0.25) is 11.8 Å². The smallest absolute Gasteiger partial charge is 0.251 e. The summed E-state index contributed by atoms with van der Waals surface area (Å²) in [6, 6.07) is 15.5. The van der Waals surface area contributed by atoms with Crippen molar-refractivity contribution in [3.8, 4) is 0 Å². The van der Waals surface area contributed by atoms with Crippen LogP contribution >= 0.6 is 0 Å². The predicted octanol–water partition coefficient (Wildman–Crippen LogP) is 3.88. The number of hydrogen-bond acceptors (Lipinski definition) is 3. The van der Waals surface area contributed by atoms with Gasteiger partial charge >= 0.3 is 0 Å². The summed E-state index contributed by atoms with van der Waals surface area (Å²) in [5, 5.41) is 3.18. The van der Waals surface area contributed by atoms with E-state index in [9.17, 15) is 14.4 Å². The van der Waals surface area contributed by atoms with Gasteiger partial charge in [-0.1, -0.05) is 50.2 Å². The van der Waals surface area contributed by atoms with Crippen LogP contribution in [0.2, 0.25) is 0 Å². The number of amides is 3. The lowest BCUT2D eigenvalue weighted by molar-refractivity contribution is -0.139. The van der Waals surface area contributed by atoms with Gasteiger partial charge in [-0.25, -0.2) is 0 Å². The Balaban J connectivity index is 1.45. The van der Waals surface area contributed by atoms with E-state index in [0.29, 0.717) is 18.4 Å². The molecule has 2 aromatic rings. The summed E-state index contributed by atoms with van der Waals surface area (Å²) < 4.78 is 0. The molecule has 0 aromatic heterocycles. The monoisotopic (exact) mass is 390 g/mol. The van der Waals surface area contributed by atoms with Gasteiger partial charge in [-0.05, 0) is 47.1 Å². The van der Waals surface area contributed by atoms with Crippen LogP contribution in [0.3, 0.4) is 0 Å². The maximum atomic E-state index is 12.8. The first-order valence-electron chi connectivity index (χ1n) is 10.2. The molecule has 1 atom stereocenters. The van der Waals surface area contributed by atoms with E-state index in [1.165, 1.54) is 16.0 Å². The normalized spacial score (nSPS) is 20.5. The third-order valence-electron chi connectivity index (χ3n) is 6.14. The third-order valence-corrected chi connectivity index (χ3v) is 6.14. The number of imide groups is 1. The zero-order valence-electron chi connectivity index (χ0n) is 16.9. The molecule has 150 valence electrons. The van der Waals surface area contributed by atoms with Gasteiger partial charge in [-0.2, -0.15) is 0 Å². The van der Waals surface area contributed by atoms with Crippen LogP contribution in [0.1, 0.15) is 72.6 Å². The number of fused-ring (bicyclic) bond motifs is 1. The molecule has 3 amide bonds. The largest absolute Gasteiger partial charge is 0.345 e. The van der Waals surface area contributed by atoms with Crippen LogP contribution in [0.25, 0.3) is 0 Å². The minimum Gasteiger partial charge on any atom is -0.345 e. The van der Waals surface area contributed by atoms with Gasteiger partial charge in [0.1, 0.15) is 0 Å². The Morgan fingerprint density at radius 3 is 2.38 bits per heavy atom. The van der Waals surface area contributed by atoms with Gasteiger partial charge in [0, 0.05) is 18.4 Å². The van der Waals surface area contributed by atoms with Gasteiger partial charge in [0.25, 0.3) is 5.91 Å². The first-order chi connectivity index (χ1) is 13.8. The van der Waals surface area contributed by atoms with Gasteiger partial charge in [-0.15, -0.1) is 0 Å². The van der Waals surface area contributed by atoms with Crippen LogP contribution in [0.15, 0.2) is 48.5 Å². The molecule has 1 saturated heterocycles. The standard InChI is InChI=1S/C24H26N2O3/c1-24(2)14-13-20(18-5-3-4-6-19(18)24)25-23(29)17-9-7-16(8-10-17)15-26-21(27)11-12-22(26)28/h3-10,20H,11-15H2,1-2H3,(H,25,29). The summed E-state index contributed by atoms with van der Waals surface area (Å²) in [6.07, 6.45) is 2.51. The third kappa shape index (κ3) is 3.82. The van der Waals surface area contributed by atoms with E-state index >= 15 is 0 Å². The lowest BCUT2D eigenvalue weighted by atomic mass is 9.71. The summed E-state index contributed by atoms with van der Waals surface area (Å²) >= 11 is 0. The average molecular weight is 390 g/mol. The van der Waals surface area contributed by atoms with Crippen molar-refractivity contribution in [2.75, 3.05) is 0 Å². The zero-order chi connectivity index (χ0) is 20.6. The Morgan fingerprint density at radius 1 is 1.03 bits per heavy atom. The SMILES string of the molecule is CC1(C)CCC(NC(=O)c2ccc(CN3C(=O)CCC3=O)cc2)c2ccccc21. The number of benzene rings is 2. The van der Waals surface area contributed by atoms with Crippen molar-refractivity contribution in [2.45, 2.75) is 57.5 Å². The summed E-state index contributed by atoms with van der Waals surface area (Å²) in [7, 11) is 0. The number of carbonyl (C=O) groups is 3. The molecule has 29 heavy (non-hydrogen) atoms. The van der Waals surface area contributed by atoms with Crippen molar-refractivity contribution in [3.63, 3.8) is 0 Å². The maximum Gasteiger partial charge on any atom is 0.251 e. The Morgan fingerprint density at radius 2 is 1.69 bits per heavy atom. The molecule has 1 aliphatic heterocycles. The number of carbonyl (C=O) groups excluding carboxylic acids is 3. The van der Waals surface area contributed by atoms with Gasteiger partial charge in [0.05, 0.1) is 12.6 Å². The Labute approximate surface area is 171 Å². The molecule has 2 aliphatic rings. The van der Waals surface area contributed by atoms with Crippen LogP contribution in [0.4, 0.5) is 0 Å². The van der Waals surface area contributed by atoms with E-state index in [0.717, 1.165) is 18.4 Å². The molecule has 4 rings (SSSR count). The second-order valence-corrected chi connectivity index (χ2v) is 8.61. The van der Waals surface area contributed by atoms with Crippen molar-refractivity contribution >= 4 is 17.7 Å². The minimum absolute atomic E-state index is 0.00578. The second kappa shape index (κ2) is 7.47. The molecule has 1 fully saturated rings. The molecule has 0 radical (unpaired) electrons. The zero-order valence-corrected chi connectivity index (χ0v) is 16.9. The van der Waals surface area contributed by atoms with Crippen LogP contribution < -0.4 is 5.32 Å². The van der Waals surface area contributed by atoms with Crippen LogP contribution in [-0.4, -0.2) is 22.6 Å². The highest BCUT2D eigenvalue weighted by molar-refractivity contribution is 6.01. The van der Waals surface area contributed by atoms with E-state index < -0.39 is 0 Å². The quantitative estimate of drug-likeness (QED) is 0.806. The topological polar surface area (TPSA) is 66.5 Å².